The van der Waals surface area contributed by atoms with Gasteiger partial charge in [0.15, 0.2) is 0 Å². The van der Waals surface area contributed by atoms with Crippen LogP contribution in [0.4, 0.5) is 0 Å². The number of aryl methyl sites for hydroxylation is 1. The SMILES string of the molecule is Cc1cccc(C(=O)N2CCN(C)C(=O)C2)c1Cl. The lowest BCUT2D eigenvalue weighted by Crippen LogP contribution is -2.50. The summed E-state index contributed by atoms with van der Waals surface area (Å²) in [6.45, 7) is 3.09. The Bertz CT molecular complexity index is 502. The topological polar surface area (TPSA) is 40.6 Å². The minimum atomic E-state index is -0.176. The van der Waals surface area contributed by atoms with Crippen LogP contribution < -0.4 is 0 Å². The number of benzene rings is 1. The van der Waals surface area contributed by atoms with E-state index in [1.807, 2.05) is 13.0 Å². The van der Waals surface area contributed by atoms with E-state index in [0.29, 0.717) is 23.7 Å². The molecule has 5 heteroatoms. The molecular formula is C13H15ClN2O2. The molecule has 1 aliphatic rings. The molecule has 1 heterocycles. The number of amides is 2. The van der Waals surface area contributed by atoms with Gasteiger partial charge >= 0.3 is 0 Å². The first-order valence-electron chi connectivity index (χ1n) is 5.79. The third kappa shape index (κ3) is 2.34. The fourth-order valence-electron chi connectivity index (χ4n) is 1.91. The Balaban J connectivity index is 2.22. The van der Waals surface area contributed by atoms with Gasteiger partial charge in [0.05, 0.1) is 10.6 Å². The maximum Gasteiger partial charge on any atom is 0.255 e. The van der Waals surface area contributed by atoms with Gasteiger partial charge in [-0.25, -0.2) is 0 Å². The molecule has 0 bridgehead atoms. The van der Waals surface area contributed by atoms with Crippen molar-refractivity contribution in [1.82, 2.24) is 9.80 Å². The molecule has 0 radical (unpaired) electrons. The van der Waals surface area contributed by atoms with E-state index in [1.54, 1.807) is 29.0 Å². The molecule has 2 amide bonds. The summed E-state index contributed by atoms with van der Waals surface area (Å²) in [5.41, 5.74) is 1.33. The highest BCUT2D eigenvalue weighted by atomic mass is 35.5. The lowest BCUT2D eigenvalue weighted by Gasteiger charge is -2.32. The van der Waals surface area contributed by atoms with Crippen molar-refractivity contribution in [3.8, 4) is 0 Å². The van der Waals surface area contributed by atoms with E-state index in [1.165, 1.54) is 0 Å². The summed E-state index contributed by atoms with van der Waals surface area (Å²) in [7, 11) is 1.74. The second-order valence-corrected chi connectivity index (χ2v) is 4.86. The van der Waals surface area contributed by atoms with Crippen molar-refractivity contribution in [3.05, 3.63) is 34.3 Å². The number of carbonyl (C=O) groups excluding carboxylic acids is 2. The molecule has 18 heavy (non-hydrogen) atoms. The molecule has 0 aromatic heterocycles. The number of hydrogen-bond acceptors (Lipinski definition) is 2. The monoisotopic (exact) mass is 266 g/mol. The maximum absolute atomic E-state index is 12.3. The van der Waals surface area contributed by atoms with E-state index in [-0.39, 0.29) is 18.4 Å². The van der Waals surface area contributed by atoms with Crippen LogP contribution in [0.1, 0.15) is 15.9 Å². The van der Waals surface area contributed by atoms with Crippen molar-refractivity contribution in [1.29, 1.82) is 0 Å². The zero-order valence-electron chi connectivity index (χ0n) is 10.4. The molecular weight excluding hydrogens is 252 g/mol. The zero-order valence-corrected chi connectivity index (χ0v) is 11.2. The van der Waals surface area contributed by atoms with Crippen LogP contribution in [0.5, 0.6) is 0 Å². The summed E-state index contributed by atoms with van der Waals surface area (Å²) in [6.07, 6.45) is 0. The van der Waals surface area contributed by atoms with Gasteiger partial charge in [-0.15, -0.1) is 0 Å². The summed E-state index contributed by atoms with van der Waals surface area (Å²) >= 11 is 6.13. The molecule has 0 atom stereocenters. The minimum absolute atomic E-state index is 0.0432. The number of piperazine rings is 1. The molecule has 0 unspecified atom stereocenters. The van der Waals surface area contributed by atoms with Gasteiger partial charge < -0.3 is 9.80 Å². The Morgan fingerprint density at radius 1 is 1.33 bits per heavy atom. The first-order valence-corrected chi connectivity index (χ1v) is 6.17. The van der Waals surface area contributed by atoms with Crippen molar-refractivity contribution in [2.75, 3.05) is 26.7 Å². The minimum Gasteiger partial charge on any atom is -0.342 e. The Hall–Kier alpha value is -1.55. The molecule has 0 saturated carbocycles. The smallest absolute Gasteiger partial charge is 0.255 e. The van der Waals surface area contributed by atoms with Crippen molar-refractivity contribution < 1.29 is 9.59 Å². The van der Waals surface area contributed by atoms with Crippen molar-refractivity contribution in [3.63, 3.8) is 0 Å². The van der Waals surface area contributed by atoms with E-state index >= 15 is 0 Å². The highest BCUT2D eigenvalue weighted by Crippen LogP contribution is 2.22. The van der Waals surface area contributed by atoms with E-state index in [9.17, 15) is 9.59 Å². The summed E-state index contributed by atoms with van der Waals surface area (Å²) < 4.78 is 0. The Morgan fingerprint density at radius 3 is 2.72 bits per heavy atom. The number of hydrogen-bond donors (Lipinski definition) is 0. The molecule has 1 fully saturated rings. The van der Waals surface area contributed by atoms with Crippen LogP contribution in [-0.2, 0) is 4.79 Å². The van der Waals surface area contributed by atoms with Crippen LogP contribution in [0.25, 0.3) is 0 Å². The predicted octanol–water partition coefficient (Wildman–Crippen LogP) is 1.56. The highest BCUT2D eigenvalue weighted by molar-refractivity contribution is 6.34. The highest BCUT2D eigenvalue weighted by Gasteiger charge is 2.26. The number of nitrogens with zero attached hydrogens (tertiary/aromatic N) is 2. The van der Waals surface area contributed by atoms with Crippen molar-refractivity contribution >= 4 is 23.4 Å². The van der Waals surface area contributed by atoms with Crippen LogP contribution in [-0.4, -0.2) is 48.3 Å². The van der Waals surface area contributed by atoms with Gasteiger partial charge in [0.25, 0.3) is 5.91 Å². The standard InChI is InChI=1S/C13H15ClN2O2/c1-9-4-3-5-10(12(9)14)13(18)16-7-6-15(2)11(17)8-16/h3-5H,6-8H2,1-2H3. The summed E-state index contributed by atoms with van der Waals surface area (Å²) in [5.74, 6) is -0.219. The number of rotatable bonds is 1. The van der Waals surface area contributed by atoms with E-state index in [4.69, 9.17) is 11.6 Å². The molecule has 4 nitrogen and oxygen atoms in total. The number of halogens is 1. The lowest BCUT2D eigenvalue weighted by atomic mass is 10.1. The number of carbonyl (C=O) groups is 2. The van der Waals surface area contributed by atoms with Gasteiger partial charge in [-0.05, 0) is 18.6 Å². The van der Waals surface area contributed by atoms with Crippen LogP contribution in [0.2, 0.25) is 5.02 Å². The second kappa shape index (κ2) is 4.98. The van der Waals surface area contributed by atoms with Gasteiger partial charge in [-0.2, -0.15) is 0 Å². The first-order chi connectivity index (χ1) is 8.50. The van der Waals surface area contributed by atoms with Gasteiger partial charge in [0.2, 0.25) is 5.91 Å². The molecule has 96 valence electrons. The Labute approximate surface area is 111 Å². The normalized spacial score (nSPS) is 16.1. The largest absolute Gasteiger partial charge is 0.342 e. The van der Waals surface area contributed by atoms with E-state index in [0.717, 1.165) is 5.56 Å². The summed E-state index contributed by atoms with van der Waals surface area (Å²) in [6, 6.07) is 5.35. The third-order valence-corrected chi connectivity index (χ3v) is 3.67. The first kappa shape index (κ1) is 12.9. The second-order valence-electron chi connectivity index (χ2n) is 4.48. The Kier molecular flexibility index (Phi) is 3.57. The van der Waals surface area contributed by atoms with Gasteiger partial charge in [0, 0.05) is 20.1 Å². The molecule has 0 N–H and O–H groups in total. The zero-order chi connectivity index (χ0) is 13.3. The average Bonchev–Trinajstić information content (AvgIpc) is 2.35. The molecule has 1 aromatic rings. The van der Waals surface area contributed by atoms with E-state index in [2.05, 4.69) is 0 Å². The fourth-order valence-corrected chi connectivity index (χ4v) is 2.12. The fraction of sp³-hybridized carbons (Fsp3) is 0.385. The van der Waals surface area contributed by atoms with Gasteiger partial charge in [-0.1, -0.05) is 23.7 Å². The third-order valence-electron chi connectivity index (χ3n) is 3.17. The lowest BCUT2D eigenvalue weighted by molar-refractivity contribution is -0.133. The van der Waals surface area contributed by atoms with E-state index < -0.39 is 0 Å². The summed E-state index contributed by atoms with van der Waals surface area (Å²) in [5, 5.41) is 0.467. The Morgan fingerprint density at radius 2 is 2.06 bits per heavy atom. The molecule has 1 saturated heterocycles. The van der Waals surface area contributed by atoms with Crippen molar-refractivity contribution in [2.24, 2.45) is 0 Å². The molecule has 1 aromatic carbocycles. The molecule has 2 rings (SSSR count). The molecule has 0 aliphatic carbocycles. The molecule has 1 aliphatic heterocycles. The summed E-state index contributed by atoms with van der Waals surface area (Å²) in [4.78, 5) is 27.1. The quantitative estimate of drug-likeness (QED) is 0.774. The van der Waals surface area contributed by atoms with Crippen LogP contribution in [0.15, 0.2) is 18.2 Å². The average molecular weight is 267 g/mol. The van der Waals surface area contributed by atoms with Crippen LogP contribution in [0, 0.1) is 6.92 Å². The van der Waals surface area contributed by atoms with Gasteiger partial charge in [-0.3, -0.25) is 9.59 Å². The predicted molar refractivity (Wildman–Crippen MR) is 69.7 cm³/mol. The van der Waals surface area contributed by atoms with Crippen LogP contribution >= 0.6 is 11.6 Å². The van der Waals surface area contributed by atoms with Crippen LogP contribution in [0.3, 0.4) is 0 Å². The maximum atomic E-state index is 12.3. The molecule has 0 spiro atoms. The van der Waals surface area contributed by atoms with Gasteiger partial charge in [0.1, 0.15) is 6.54 Å². The number of likely N-dealkylation sites (N-methyl/N-ethyl adjacent to an activating group) is 1. The van der Waals surface area contributed by atoms with Crippen molar-refractivity contribution in [2.45, 2.75) is 6.92 Å².